The number of hydrogen-bond acceptors (Lipinski definition) is 5. The molecule has 4 rings (SSSR count). The van der Waals surface area contributed by atoms with Crippen LogP contribution in [0.25, 0.3) is 17.5 Å². The molecule has 158 valence electrons. The molecule has 2 aromatic carbocycles. The molecule has 0 aliphatic carbocycles. The molecular weight excluding hydrogens is 412 g/mol. The fourth-order valence-corrected chi connectivity index (χ4v) is 4.49. The number of nitrogens with zero attached hydrogens (tertiary/aromatic N) is 4. The molecule has 1 fully saturated rings. The predicted molar refractivity (Wildman–Crippen MR) is 119 cm³/mol. The summed E-state index contributed by atoms with van der Waals surface area (Å²) < 4.78 is 26.6. The molecular formula is C23H22N4O3S. The van der Waals surface area contributed by atoms with Crippen molar-refractivity contribution in [2.45, 2.75) is 0 Å². The molecule has 0 unspecified atom stereocenters. The van der Waals surface area contributed by atoms with E-state index in [0.717, 1.165) is 11.1 Å². The predicted octanol–water partition coefficient (Wildman–Crippen LogP) is 2.90. The molecule has 8 heteroatoms. The van der Waals surface area contributed by atoms with Crippen molar-refractivity contribution >= 4 is 22.0 Å². The van der Waals surface area contributed by atoms with E-state index in [9.17, 15) is 13.2 Å². The highest BCUT2D eigenvalue weighted by Crippen LogP contribution is 2.16. The number of rotatable bonds is 5. The Morgan fingerprint density at radius 2 is 1.42 bits per heavy atom. The summed E-state index contributed by atoms with van der Waals surface area (Å²) in [4.78, 5) is 23.0. The number of carbonyl (C=O) groups is 1. The fourth-order valence-electron chi connectivity index (χ4n) is 3.32. The maximum absolute atomic E-state index is 12.8. The van der Waals surface area contributed by atoms with Gasteiger partial charge in [0.2, 0.25) is 10.0 Å². The molecule has 1 aliphatic heterocycles. The number of sulfonamides is 1. The maximum atomic E-state index is 12.8. The van der Waals surface area contributed by atoms with E-state index in [4.69, 9.17) is 0 Å². The number of amides is 1. The van der Waals surface area contributed by atoms with Crippen molar-refractivity contribution in [2.75, 3.05) is 26.2 Å². The van der Waals surface area contributed by atoms with Crippen LogP contribution >= 0.6 is 0 Å². The van der Waals surface area contributed by atoms with E-state index in [2.05, 4.69) is 9.97 Å². The van der Waals surface area contributed by atoms with Gasteiger partial charge in [0.1, 0.15) is 0 Å². The largest absolute Gasteiger partial charge is 0.336 e. The zero-order chi connectivity index (χ0) is 21.7. The SMILES string of the molecule is O=C(c1cnc(-c2ccccc2)nc1)N1CCN(S(=O)(=O)/C=C/c2ccccc2)CC1. The molecule has 0 atom stereocenters. The highest BCUT2D eigenvalue weighted by atomic mass is 32.2. The van der Waals surface area contributed by atoms with Gasteiger partial charge < -0.3 is 4.90 Å². The van der Waals surface area contributed by atoms with Crippen LogP contribution < -0.4 is 0 Å². The number of aromatic nitrogens is 2. The van der Waals surface area contributed by atoms with Crippen LogP contribution in [0.15, 0.2) is 78.5 Å². The van der Waals surface area contributed by atoms with Crippen LogP contribution in [0.3, 0.4) is 0 Å². The first-order valence-corrected chi connectivity index (χ1v) is 11.4. The number of piperazine rings is 1. The topological polar surface area (TPSA) is 83.5 Å². The third kappa shape index (κ3) is 5.04. The zero-order valence-corrected chi connectivity index (χ0v) is 17.6. The Morgan fingerprint density at radius 3 is 2.03 bits per heavy atom. The summed E-state index contributed by atoms with van der Waals surface area (Å²) in [5.41, 5.74) is 2.09. The van der Waals surface area contributed by atoms with Crippen molar-refractivity contribution in [3.05, 3.63) is 89.6 Å². The van der Waals surface area contributed by atoms with Crippen molar-refractivity contribution in [1.82, 2.24) is 19.2 Å². The lowest BCUT2D eigenvalue weighted by atomic mass is 10.2. The van der Waals surface area contributed by atoms with Crippen molar-refractivity contribution in [3.63, 3.8) is 0 Å². The van der Waals surface area contributed by atoms with Crippen LogP contribution in [0.5, 0.6) is 0 Å². The van der Waals surface area contributed by atoms with Gasteiger partial charge in [0, 0.05) is 49.5 Å². The highest BCUT2D eigenvalue weighted by molar-refractivity contribution is 7.92. The Kier molecular flexibility index (Phi) is 6.20. The normalized spacial score (nSPS) is 15.3. The van der Waals surface area contributed by atoms with E-state index in [-0.39, 0.29) is 19.0 Å². The monoisotopic (exact) mass is 434 g/mol. The van der Waals surface area contributed by atoms with E-state index in [0.29, 0.717) is 24.5 Å². The van der Waals surface area contributed by atoms with Crippen molar-refractivity contribution < 1.29 is 13.2 Å². The van der Waals surface area contributed by atoms with Crippen LogP contribution in [0.2, 0.25) is 0 Å². The van der Waals surface area contributed by atoms with E-state index in [1.165, 1.54) is 22.1 Å². The van der Waals surface area contributed by atoms with Gasteiger partial charge in [-0.05, 0) is 11.6 Å². The molecule has 1 amide bonds. The quantitative estimate of drug-likeness (QED) is 0.617. The Morgan fingerprint density at radius 1 is 0.839 bits per heavy atom. The van der Waals surface area contributed by atoms with Gasteiger partial charge in [0.25, 0.3) is 5.91 Å². The van der Waals surface area contributed by atoms with Crippen LogP contribution in [-0.2, 0) is 10.0 Å². The number of hydrogen-bond donors (Lipinski definition) is 0. The minimum atomic E-state index is -3.54. The average Bonchev–Trinajstić information content (AvgIpc) is 2.84. The minimum Gasteiger partial charge on any atom is -0.336 e. The Hall–Kier alpha value is -3.36. The summed E-state index contributed by atoms with van der Waals surface area (Å²) in [5, 5.41) is 1.22. The molecule has 1 aliphatic rings. The fraction of sp³-hybridized carbons (Fsp3) is 0.174. The molecule has 1 aromatic heterocycles. The molecule has 0 spiro atoms. The highest BCUT2D eigenvalue weighted by Gasteiger charge is 2.28. The van der Waals surface area contributed by atoms with E-state index in [1.54, 1.807) is 11.0 Å². The zero-order valence-electron chi connectivity index (χ0n) is 16.8. The third-order valence-corrected chi connectivity index (χ3v) is 6.61. The first kappa shape index (κ1) is 20.9. The molecule has 1 saturated heterocycles. The van der Waals surface area contributed by atoms with Crippen LogP contribution in [0, 0.1) is 0 Å². The Labute approximate surface area is 181 Å². The standard InChI is InChI=1S/C23H22N4O3S/c28-23(21-17-24-22(25-18-21)20-9-5-2-6-10-20)26-12-14-27(15-13-26)31(29,30)16-11-19-7-3-1-4-8-19/h1-11,16-18H,12-15H2/b16-11+. The number of benzene rings is 2. The molecule has 3 aromatic rings. The first-order chi connectivity index (χ1) is 15.0. The summed E-state index contributed by atoms with van der Waals surface area (Å²) >= 11 is 0. The van der Waals surface area contributed by atoms with Crippen LogP contribution in [0.1, 0.15) is 15.9 Å². The van der Waals surface area contributed by atoms with Crippen LogP contribution in [-0.4, -0.2) is 59.7 Å². The van der Waals surface area contributed by atoms with Gasteiger partial charge in [0.05, 0.1) is 5.56 Å². The second-order valence-electron chi connectivity index (χ2n) is 7.11. The van der Waals surface area contributed by atoms with E-state index in [1.807, 2.05) is 60.7 Å². The lowest BCUT2D eigenvalue weighted by Gasteiger charge is -2.33. The van der Waals surface area contributed by atoms with Gasteiger partial charge in [-0.15, -0.1) is 0 Å². The Bertz CT molecular complexity index is 1160. The van der Waals surface area contributed by atoms with Gasteiger partial charge in [-0.2, -0.15) is 4.31 Å². The summed E-state index contributed by atoms with van der Waals surface area (Å²) in [6, 6.07) is 18.8. The summed E-state index contributed by atoms with van der Waals surface area (Å²) in [6.45, 7) is 1.13. The van der Waals surface area contributed by atoms with E-state index < -0.39 is 10.0 Å². The molecule has 31 heavy (non-hydrogen) atoms. The molecule has 0 saturated carbocycles. The van der Waals surface area contributed by atoms with Crippen LogP contribution in [0.4, 0.5) is 0 Å². The van der Waals surface area contributed by atoms with Crippen molar-refractivity contribution in [1.29, 1.82) is 0 Å². The summed E-state index contributed by atoms with van der Waals surface area (Å²) in [5.74, 6) is 0.356. The van der Waals surface area contributed by atoms with Crippen molar-refractivity contribution in [3.8, 4) is 11.4 Å². The lowest BCUT2D eigenvalue weighted by Crippen LogP contribution is -2.50. The first-order valence-electron chi connectivity index (χ1n) is 9.93. The Balaban J connectivity index is 1.37. The smallest absolute Gasteiger partial charge is 0.257 e. The third-order valence-electron chi connectivity index (χ3n) is 5.05. The molecule has 0 bridgehead atoms. The second kappa shape index (κ2) is 9.20. The summed E-state index contributed by atoms with van der Waals surface area (Å²) in [6.07, 6.45) is 4.62. The summed E-state index contributed by atoms with van der Waals surface area (Å²) in [7, 11) is -3.54. The van der Waals surface area contributed by atoms with Gasteiger partial charge in [0.15, 0.2) is 5.82 Å². The van der Waals surface area contributed by atoms with Gasteiger partial charge in [-0.1, -0.05) is 60.7 Å². The molecule has 0 N–H and O–H groups in total. The van der Waals surface area contributed by atoms with Gasteiger partial charge in [-0.3, -0.25) is 4.79 Å². The van der Waals surface area contributed by atoms with Gasteiger partial charge >= 0.3 is 0 Å². The average molecular weight is 435 g/mol. The second-order valence-corrected chi connectivity index (χ2v) is 8.93. The van der Waals surface area contributed by atoms with Gasteiger partial charge in [-0.25, -0.2) is 18.4 Å². The molecule has 2 heterocycles. The molecule has 7 nitrogen and oxygen atoms in total. The van der Waals surface area contributed by atoms with Crippen molar-refractivity contribution in [2.24, 2.45) is 0 Å². The van der Waals surface area contributed by atoms with E-state index >= 15 is 0 Å². The maximum Gasteiger partial charge on any atom is 0.257 e. The minimum absolute atomic E-state index is 0.198. The molecule has 0 radical (unpaired) electrons. The number of carbonyl (C=O) groups excluding carboxylic acids is 1. The lowest BCUT2D eigenvalue weighted by molar-refractivity contribution is 0.0697.